The molecule has 0 saturated carbocycles. The fourth-order valence-corrected chi connectivity index (χ4v) is 10.5. The molecule has 1 aromatic heterocycles. The van der Waals surface area contributed by atoms with E-state index in [1.165, 1.54) is 5.19 Å². The Labute approximate surface area is 235 Å². The van der Waals surface area contributed by atoms with E-state index in [2.05, 4.69) is 26.9 Å². The lowest BCUT2D eigenvalue weighted by Gasteiger charge is -2.38. The first-order valence-electron chi connectivity index (χ1n) is 14.1. The average molecular weight is 566 g/mol. The number of esters is 2. The zero-order valence-corrected chi connectivity index (χ0v) is 25.0. The lowest BCUT2D eigenvalue weighted by atomic mass is 9.79. The number of fused-ring (bicyclic) bond motifs is 4. The molecule has 1 atom stereocenters. The molecule has 9 nitrogen and oxygen atoms in total. The number of aliphatic hydroxyl groups is 1. The van der Waals surface area contributed by atoms with Gasteiger partial charge in [-0.3, -0.25) is 4.79 Å². The number of benzene rings is 1. The van der Waals surface area contributed by atoms with Gasteiger partial charge in [-0.05, 0) is 54.6 Å². The first-order valence-corrected chi connectivity index (χ1v) is 17.3. The Kier molecular flexibility index (Phi) is 7.20. The molecular formula is C30H39N3O6Si. The summed E-state index contributed by atoms with van der Waals surface area (Å²) in [5.41, 5.74) is 8.28. The summed E-state index contributed by atoms with van der Waals surface area (Å²) in [5.74, 6) is -0.397. The third kappa shape index (κ3) is 4.56. The highest BCUT2D eigenvalue weighted by atomic mass is 28.3. The molecule has 5 rings (SSSR count). The summed E-state index contributed by atoms with van der Waals surface area (Å²) in [7, 11) is -1.90. The lowest BCUT2D eigenvalue weighted by Crippen LogP contribution is -2.52. The summed E-state index contributed by atoms with van der Waals surface area (Å²) in [6.45, 7) is 11.6. The topological polar surface area (TPSA) is 137 Å². The number of cyclic esters (lactones) is 1. The van der Waals surface area contributed by atoms with Crippen LogP contribution in [0.2, 0.25) is 19.1 Å². The summed E-state index contributed by atoms with van der Waals surface area (Å²) in [6.07, 6.45) is 2.91. The van der Waals surface area contributed by atoms with Crippen molar-refractivity contribution >= 4 is 37.0 Å². The van der Waals surface area contributed by atoms with Crippen molar-refractivity contribution in [1.82, 2.24) is 9.55 Å². The van der Waals surface area contributed by atoms with Crippen LogP contribution in [0.1, 0.15) is 56.9 Å². The number of carbonyl (C=O) groups is 2. The normalized spacial score (nSPS) is 19.9. The number of carbonyl (C=O) groups excluding carboxylic acids is 2. The molecule has 0 bridgehead atoms. The Morgan fingerprint density at radius 1 is 1.30 bits per heavy atom. The first-order chi connectivity index (χ1) is 18.9. The van der Waals surface area contributed by atoms with E-state index in [9.17, 15) is 19.8 Å². The molecular weight excluding hydrogens is 526 g/mol. The number of ether oxygens (including phenoxy) is 2. The van der Waals surface area contributed by atoms with E-state index in [1.807, 2.05) is 16.7 Å². The fourth-order valence-electron chi connectivity index (χ4n) is 6.70. The number of aromatic hydroxyl groups is 1. The summed E-state index contributed by atoms with van der Waals surface area (Å²) in [5, 5.41) is 24.1. The fraction of sp³-hybridized carbons (Fsp3) is 0.500. The second kappa shape index (κ2) is 10.2. The van der Waals surface area contributed by atoms with Crippen LogP contribution in [0, 0.1) is 5.92 Å². The Morgan fingerprint density at radius 2 is 2.05 bits per heavy atom. The highest BCUT2D eigenvalue weighted by molar-refractivity contribution is 6.90. The van der Waals surface area contributed by atoms with Crippen LogP contribution in [0.3, 0.4) is 0 Å². The monoisotopic (exact) mass is 565 g/mol. The second-order valence-electron chi connectivity index (χ2n) is 12.1. The standard InChI is InChI=1S/C30H39N3O6Si/c1-6-30(39-26(35)8-7-9-31)22-13-23-27(28(36)21(22)15-38-29(30)37)33-14-20-18(11-25(33)32-23)10-19(34)12-24(20)40(4,5)16-17(2)3/h10-12,17,34,36H,6-9,13-16,31H2,1-5H3. The maximum absolute atomic E-state index is 13.1. The van der Waals surface area contributed by atoms with Gasteiger partial charge in [0.1, 0.15) is 28.9 Å². The number of phenols is 1. The quantitative estimate of drug-likeness (QED) is 0.278. The minimum atomic E-state index is -1.90. The van der Waals surface area contributed by atoms with Crippen LogP contribution in [0.25, 0.3) is 11.8 Å². The Hall–Kier alpha value is -3.37. The van der Waals surface area contributed by atoms with Crippen molar-refractivity contribution in [2.24, 2.45) is 11.7 Å². The number of imidazole rings is 1. The Bertz CT molecular complexity index is 1550. The summed E-state index contributed by atoms with van der Waals surface area (Å²) in [4.78, 5) is 30.6. The van der Waals surface area contributed by atoms with E-state index < -0.39 is 25.6 Å². The van der Waals surface area contributed by atoms with Gasteiger partial charge in [-0.15, -0.1) is 0 Å². The highest BCUT2D eigenvalue weighted by Gasteiger charge is 2.52. The molecule has 3 heterocycles. The van der Waals surface area contributed by atoms with Crippen molar-refractivity contribution in [3.05, 3.63) is 50.9 Å². The molecule has 1 aliphatic carbocycles. The molecule has 2 aromatic rings. The van der Waals surface area contributed by atoms with Gasteiger partial charge in [-0.2, -0.15) is 0 Å². The van der Waals surface area contributed by atoms with Crippen LogP contribution in [-0.2, 0) is 32.0 Å². The molecule has 0 amide bonds. The predicted molar refractivity (Wildman–Crippen MR) is 154 cm³/mol. The van der Waals surface area contributed by atoms with Gasteiger partial charge in [0, 0.05) is 24.0 Å². The number of nitrogens with zero attached hydrogens (tertiary/aromatic N) is 2. The molecule has 0 fully saturated rings. The maximum Gasteiger partial charge on any atom is 0.355 e. The van der Waals surface area contributed by atoms with Gasteiger partial charge in [0.25, 0.3) is 0 Å². The van der Waals surface area contributed by atoms with Gasteiger partial charge in [0.15, 0.2) is 0 Å². The van der Waals surface area contributed by atoms with Crippen molar-refractivity contribution in [3.63, 3.8) is 0 Å². The molecule has 1 unspecified atom stereocenters. The summed E-state index contributed by atoms with van der Waals surface area (Å²) in [6, 6.07) is 4.77. The second-order valence-corrected chi connectivity index (χ2v) is 16.9. The SMILES string of the molecule is CCC1(OC(=O)CCCN)C(=O)OCC2=C1Cc1nc3n(c1=C2O)Cc1c(cc(O)cc1[Si](C)(C)CC(C)C)C=3. The van der Waals surface area contributed by atoms with Gasteiger partial charge in [0.05, 0.1) is 20.3 Å². The van der Waals surface area contributed by atoms with E-state index >= 15 is 0 Å². The average Bonchev–Trinajstić information content (AvgIpc) is 3.24. The summed E-state index contributed by atoms with van der Waals surface area (Å²) >= 11 is 0. The molecule has 0 radical (unpaired) electrons. The largest absolute Gasteiger partial charge is 0.508 e. The smallest absolute Gasteiger partial charge is 0.355 e. The maximum atomic E-state index is 13.1. The van der Waals surface area contributed by atoms with E-state index in [-0.39, 0.29) is 37.4 Å². The van der Waals surface area contributed by atoms with Crippen molar-refractivity contribution < 1.29 is 29.3 Å². The Balaban J connectivity index is 1.63. The first kappa shape index (κ1) is 28.2. The third-order valence-corrected chi connectivity index (χ3v) is 12.1. The molecule has 3 aliphatic rings. The van der Waals surface area contributed by atoms with Gasteiger partial charge in [0.2, 0.25) is 5.60 Å². The number of hydrogen-bond donors (Lipinski definition) is 3. The molecule has 0 saturated heterocycles. The lowest BCUT2D eigenvalue weighted by molar-refractivity contribution is -0.180. The highest BCUT2D eigenvalue weighted by Crippen LogP contribution is 2.39. The van der Waals surface area contributed by atoms with Crippen LogP contribution in [0.4, 0.5) is 0 Å². The number of hydrogen-bond acceptors (Lipinski definition) is 8. The molecule has 214 valence electrons. The number of nitrogens with two attached hydrogens (primary N) is 1. The van der Waals surface area contributed by atoms with Crippen LogP contribution in [-0.4, -0.2) is 58.5 Å². The van der Waals surface area contributed by atoms with Crippen molar-refractivity contribution in [3.8, 4) is 5.75 Å². The number of rotatable bonds is 8. The molecule has 1 aromatic carbocycles. The third-order valence-electron chi connectivity index (χ3n) is 8.34. The van der Waals surface area contributed by atoms with Crippen molar-refractivity contribution in [2.45, 2.75) is 77.7 Å². The van der Waals surface area contributed by atoms with Crippen LogP contribution < -0.4 is 21.7 Å². The van der Waals surface area contributed by atoms with Crippen LogP contribution in [0.15, 0.2) is 23.3 Å². The zero-order valence-electron chi connectivity index (χ0n) is 24.0. The van der Waals surface area contributed by atoms with E-state index in [0.717, 1.165) is 17.2 Å². The number of aromatic nitrogens is 2. The van der Waals surface area contributed by atoms with E-state index in [0.29, 0.717) is 53.1 Å². The minimum Gasteiger partial charge on any atom is -0.508 e. The van der Waals surface area contributed by atoms with E-state index in [4.69, 9.17) is 20.2 Å². The van der Waals surface area contributed by atoms with Crippen LogP contribution in [0.5, 0.6) is 5.75 Å². The van der Waals surface area contributed by atoms with Crippen molar-refractivity contribution in [1.29, 1.82) is 0 Å². The zero-order chi connectivity index (χ0) is 29.0. The molecule has 40 heavy (non-hydrogen) atoms. The minimum absolute atomic E-state index is 0.00537. The van der Waals surface area contributed by atoms with Gasteiger partial charge in [-0.1, -0.05) is 45.1 Å². The van der Waals surface area contributed by atoms with Gasteiger partial charge >= 0.3 is 11.9 Å². The molecule has 0 spiro atoms. The van der Waals surface area contributed by atoms with Gasteiger partial charge < -0.3 is 30.0 Å². The van der Waals surface area contributed by atoms with Crippen molar-refractivity contribution in [2.75, 3.05) is 13.2 Å². The number of phenolic OH excluding ortho intramolecular Hbond substituents is 1. The molecule has 10 heteroatoms. The summed E-state index contributed by atoms with van der Waals surface area (Å²) < 4.78 is 13.3. The molecule has 2 aliphatic heterocycles. The Morgan fingerprint density at radius 3 is 2.73 bits per heavy atom. The van der Waals surface area contributed by atoms with Crippen LogP contribution >= 0.6 is 0 Å². The molecule has 4 N–H and O–H groups in total. The predicted octanol–water partition coefficient (Wildman–Crippen LogP) is 1.86. The van der Waals surface area contributed by atoms with E-state index in [1.54, 1.807) is 13.0 Å². The van der Waals surface area contributed by atoms with Gasteiger partial charge in [-0.25, -0.2) is 9.78 Å². The number of aliphatic hydroxyl groups excluding tert-OH is 1.